The molecule has 1 spiro atoms. The standard InChI is InChI=1S/C25H27NO5/c27-23(28)22-10-5-11-25(31-22)12-14-26(15-13-25)24(29)30-16-21-19-8-3-1-6-17(19)18-7-2-4-9-20(18)21/h1-4,6-9,21-22H,5,10-16H2,(H,27,28). The summed E-state index contributed by atoms with van der Waals surface area (Å²) in [5, 5.41) is 9.30. The molecule has 1 atom stereocenters. The van der Waals surface area contributed by atoms with Crippen LogP contribution in [0.4, 0.5) is 4.79 Å². The minimum atomic E-state index is -0.891. The van der Waals surface area contributed by atoms with Gasteiger partial charge in [0.05, 0.1) is 5.60 Å². The second-order valence-corrected chi connectivity index (χ2v) is 8.81. The molecule has 2 aromatic rings. The molecular formula is C25H27NO5. The van der Waals surface area contributed by atoms with Crippen molar-refractivity contribution in [2.45, 2.75) is 49.7 Å². The van der Waals surface area contributed by atoms with Crippen LogP contribution in [-0.2, 0) is 14.3 Å². The molecule has 31 heavy (non-hydrogen) atoms. The zero-order valence-corrected chi connectivity index (χ0v) is 17.5. The van der Waals surface area contributed by atoms with E-state index in [0.717, 1.165) is 12.8 Å². The molecule has 1 N–H and O–H groups in total. The number of carboxylic acids is 1. The Morgan fingerprint density at radius 1 is 1.00 bits per heavy atom. The summed E-state index contributed by atoms with van der Waals surface area (Å²) in [7, 11) is 0. The molecule has 0 saturated carbocycles. The Bertz CT molecular complexity index is 949. The maximum absolute atomic E-state index is 12.8. The van der Waals surface area contributed by atoms with Gasteiger partial charge in [0.25, 0.3) is 0 Å². The van der Waals surface area contributed by atoms with Gasteiger partial charge in [-0.25, -0.2) is 9.59 Å². The predicted octanol–water partition coefficient (Wildman–Crippen LogP) is 4.42. The van der Waals surface area contributed by atoms with Gasteiger partial charge in [-0.15, -0.1) is 0 Å². The Morgan fingerprint density at radius 3 is 2.23 bits per heavy atom. The molecule has 0 aromatic heterocycles. The van der Waals surface area contributed by atoms with Crippen LogP contribution in [0.15, 0.2) is 48.5 Å². The summed E-state index contributed by atoms with van der Waals surface area (Å²) in [6.07, 6.45) is 2.55. The highest BCUT2D eigenvalue weighted by molar-refractivity contribution is 5.79. The molecule has 1 amide bonds. The van der Waals surface area contributed by atoms with Crippen molar-refractivity contribution in [1.29, 1.82) is 0 Å². The summed E-state index contributed by atoms with van der Waals surface area (Å²) >= 11 is 0. The van der Waals surface area contributed by atoms with Crippen LogP contribution in [0.3, 0.4) is 0 Å². The van der Waals surface area contributed by atoms with Crippen LogP contribution >= 0.6 is 0 Å². The smallest absolute Gasteiger partial charge is 0.409 e. The number of carbonyl (C=O) groups excluding carboxylic acids is 1. The Labute approximate surface area is 181 Å². The van der Waals surface area contributed by atoms with Crippen molar-refractivity contribution in [2.24, 2.45) is 0 Å². The van der Waals surface area contributed by atoms with E-state index >= 15 is 0 Å². The Kier molecular flexibility index (Phi) is 5.18. The van der Waals surface area contributed by atoms with E-state index in [1.54, 1.807) is 4.90 Å². The van der Waals surface area contributed by atoms with E-state index in [1.165, 1.54) is 22.3 Å². The van der Waals surface area contributed by atoms with E-state index in [2.05, 4.69) is 24.3 Å². The topological polar surface area (TPSA) is 76.1 Å². The molecule has 2 aliphatic heterocycles. The predicted molar refractivity (Wildman–Crippen MR) is 115 cm³/mol. The van der Waals surface area contributed by atoms with Crippen LogP contribution in [0.5, 0.6) is 0 Å². The fourth-order valence-corrected chi connectivity index (χ4v) is 5.35. The van der Waals surface area contributed by atoms with Gasteiger partial charge in [0.2, 0.25) is 0 Å². The normalized spacial score (nSPS) is 22.1. The van der Waals surface area contributed by atoms with Crippen molar-refractivity contribution in [2.75, 3.05) is 19.7 Å². The first-order valence-corrected chi connectivity index (χ1v) is 11.1. The molecule has 2 fully saturated rings. The maximum atomic E-state index is 12.8. The highest BCUT2D eigenvalue weighted by Crippen LogP contribution is 2.44. The number of carboxylic acid groups (broad SMARTS) is 1. The van der Waals surface area contributed by atoms with Crippen molar-refractivity contribution in [3.8, 4) is 11.1 Å². The summed E-state index contributed by atoms with van der Waals surface area (Å²) < 4.78 is 11.7. The van der Waals surface area contributed by atoms with E-state index in [9.17, 15) is 14.7 Å². The lowest BCUT2D eigenvalue weighted by Crippen LogP contribution is -2.52. The third kappa shape index (κ3) is 3.69. The SMILES string of the molecule is O=C(O)C1CCCC2(CCN(C(=O)OCC3c4ccccc4-c4ccccc43)CC2)O1. The van der Waals surface area contributed by atoms with Gasteiger partial charge >= 0.3 is 12.1 Å². The molecule has 2 aromatic carbocycles. The number of piperidine rings is 1. The van der Waals surface area contributed by atoms with Crippen LogP contribution in [0, 0.1) is 0 Å². The summed E-state index contributed by atoms with van der Waals surface area (Å²) in [5.74, 6) is -0.844. The second kappa shape index (κ2) is 8.00. The largest absolute Gasteiger partial charge is 0.479 e. The highest BCUT2D eigenvalue weighted by atomic mass is 16.6. The van der Waals surface area contributed by atoms with Crippen LogP contribution in [0.2, 0.25) is 0 Å². The summed E-state index contributed by atoms with van der Waals surface area (Å²) in [6, 6.07) is 16.6. The van der Waals surface area contributed by atoms with Gasteiger partial charge in [0, 0.05) is 19.0 Å². The lowest BCUT2D eigenvalue weighted by Gasteiger charge is -2.45. The first kappa shape index (κ1) is 20.1. The average Bonchev–Trinajstić information content (AvgIpc) is 3.12. The maximum Gasteiger partial charge on any atom is 0.409 e. The Balaban J connectivity index is 1.21. The molecule has 5 rings (SSSR count). The van der Waals surface area contributed by atoms with Gasteiger partial charge in [-0.05, 0) is 54.4 Å². The summed E-state index contributed by atoms with van der Waals surface area (Å²) in [5.41, 5.74) is 4.40. The minimum absolute atomic E-state index is 0.0467. The molecule has 162 valence electrons. The number of amides is 1. The van der Waals surface area contributed by atoms with E-state index in [1.807, 2.05) is 24.3 Å². The fraction of sp³-hybridized carbons (Fsp3) is 0.440. The number of carbonyl (C=O) groups is 2. The number of fused-ring (bicyclic) bond motifs is 3. The third-order valence-corrected chi connectivity index (χ3v) is 7.04. The fourth-order valence-electron chi connectivity index (χ4n) is 5.35. The average molecular weight is 421 g/mol. The second-order valence-electron chi connectivity index (χ2n) is 8.81. The van der Waals surface area contributed by atoms with Crippen LogP contribution in [0.25, 0.3) is 11.1 Å². The number of aliphatic carboxylic acids is 1. The van der Waals surface area contributed by atoms with E-state index in [4.69, 9.17) is 9.47 Å². The highest BCUT2D eigenvalue weighted by Gasteiger charge is 2.43. The quantitative estimate of drug-likeness (QED) is 0.794. The molecule has 2 saturated heterocycles. The summed E-state index contributed by atoms with van der Waals surface area (Å²) in [4.78, 5) is 25.8. The monoisotopic (exact) mass is 421 g/mol. The first-order valence-electron chi connectivity index (χ1n) is 11.1. The third-order valence-electron chi connectivity index (χ3n) is 7.04. The molecule has 0 bridgehead atoms. The lowest BCUT2D eigenvalue weighted by molar-refractivity contribution is -0.183. The first-order chi connectivity index (χ1) is 15.1. The van der Waals surface area contributed by atoms with Gasteiger partial charge in [-0.2, -0.15) is 0 Å². The van der Waals surface area contributed by atoms with E-state index in [-0.39, 0.29) is 12.0 Å². The minimum Gasteiger partial charge on any atom is -0.479 e. The number of hydrogen-bond donors (Lipinski definition) is 1. The van der Waals surface area contributed by atoms with Crippen molar-refractivity contribution < 1.29 is 24.2 Å². The van der Waals surface area contributed by atoms with Gasteiger partial charge in [0.15, 0.2) is 6.10 Å². The van der Waals surface area contributed by atoms with E-state index < -0.39 is 17.7 Å². The zero-order valence-electron chi connectivity index (χ0n) is 17.5. The van der Waals surface area contributed by atoms with Crippen LogP contribution in [0.1, 0.15) is 49.1 Å². The number of likely N-dealkylation sites (tertiary alicyclic amines) is 1. The molecule has 6 heteroatoms. The lowest BCUT2D eigenvalue weighted by atomic mass is 9.83. The van der Waals surface area contributed by atoms with Crippen molar-refractivity contribution >= 4 is 12.1 Å². The summed E-state index contributed by atoms with van der Waals surface area (Å²) in [6.45, 7) is 1.37. The van der Waals surface area contributed by atoms with Crippen molar-refractivity contribution in [3.05, 3.63) is 59.7 Å². The molecule has 1 aliphatic carbocycles. The van der Waals surface area contributed by atoms with Crippen LogP contribution in [-0.4, -0.2) is 53.5 Å². The Hall–Kier alpha value is -2.86. The molecule has 3 aliphatic rings. The van der Waals surface area contributed by atoms with Gasteiger partial charge in [0.1, 0.15) is 6.61 Å². The number of benzene rings is 2. The van der Waals surface area contributed by atoms with Crippen LogP contribution < -0.4 is 0 Å². The van der Waals surface area contributed by atoms with Gasteiger partial charge < -0.3 is 19.5 Å². The van der Waals surface area contributed by atoms with Crippen molar-refractivity contribution in [3.63, 3.8) is 0 Å². The number of nitrogens with zero attached hydrogens (tertiary/aromatic N) is 1. The number of ether oxygens (including phenoxy) is 2. The molecule has 6 nitrogen and oxygen atoms in total. The molecular weight excluding hydrogens is 394 g/mol. The van der Waals surface area contributed by atoms with Crippen molar-refractivity contribution in [1.82, 2.24) is 4.90 Å². The Morgan fingerprint density at radius 2 is 1.61 bits per heavy atom. The molecule has 2 heterocycles. The number of hydrogen-bond acceptors (Lipinski definition) is 4. The van der Waals surface area contributed by atoms with Gasteiger partial charge in [-0.1, -0.05) is 48.5 Å². The zero-order chi connectivity index (χ0) is 21.4. The number of rotatable bonds is 3. The molecule has 0 radical (unpaired) electrons. The van der Waals surface area contributed by atoms with E-state index in [0.29, 0.717) is 39.0 Å². The van der Waals surface area contributed by atoms with Gasteiger partial charge in [-0.3, -0.25) is 0 Å². The molecule has 1 unspecified atom stereocenters.